The number of fused-ring (bicyclic) bond motifs is 2. The molecule has 3 unspecified atom stereocenters. The van der Waals surface area contributed by atoms with Gasteiger partial charge >= 0.3 is 0 Å². The maximum atomic E-state index is 13.1. The molecular weight excluding hydrogens is 386 g/mol. The Labute approximate surface area is 167 Å². The summed E-state index contributed by atoms with van der Waals surface area (Å²) in [6, 6.07) is 5.60. The van der Waals surface area contributed by atoms with E-state index in [1.54, 1.807) is 17.3 Å². The molecule has 1 aromatic rings. The number of nitrogens with zero attached hydrogens (tertiary/aromatic N) is 2. The molecule has 6 nitrogen and oxygen atoms in total. The highest BCUT2D eigenvalue weighted by Gasteiger charge is 2.45. The zero-order valence-corrected chi connectivity index (χ0v) is 17.3. The Morgan fingerprint density at radius 1 is 1.11 bits per heavy atom. The van der Waals surface area contributed by atoms with Crippen LogP contribution in [0.2, 0.25) is 0 Å². The van der Waals surface area contributed by atoms with Crippen molar-refractivity contribution in [2.45, 2.75) is 43.5 Å². The van der Waals surface area contributed by atoms with Gasteiger partial charge in [0.2, 0.25) is 15.9 Å². The van der Waals surface area contributed by atoms with E-state index in [0.717, 1.165) is 30.4 Å². The second-order valence-corrected chi connectivity index (χ2v) is 9.86. The highest BCUT2D eigenvalue weighted by Crippen LogP contribution is 2.39. The molecular formula is C19H28ClN3O3S. The van der Waals surface area contributed by atoms with Gasteiger partial charge in [-0.05, 0) is 60.8 Å². The molecule has 2 aliphatic heterocycles. The number of carbonyl (C=O) groups is 1. The SMILES string of the molecule is CC(=O)N1CCc2ccc(S(=O)(=O)N3CC4CCC(N)C4C3)cc2CC1.Cl. The lowest BCUT2D eigenvalue weighted by Gasteiger charge is -2.19. The molecule has 2 heterocycles. The molecule has 3 aliphatic rings. The Kier molecular flexibility index (Phi) is 5.87. The van der Waals surface area contributed by atoms with Crippen LogP contribution in [0.1, 0.15) is 30.9 Å². The minimum absolute atomic E-state index is 0. The van der Waals surface area contributed by atoms with E-state index in [2.05, 4.69) is 0 Å². The average Bonchev–Trinajstić information content (AvgIpc) is 3.10. The summed E-state index contributed by atoms with van der Waals surface area (Å²) in [5, 5.41) is 0. The summed E-state index contributed by atoms with van der Waals surface area (Å²) in [6.07, 6.45) is 3.52. The lowest BCUT2D eigenvalue weighted by atomic mass is 9.98. The van der Waals surface area contributed by atoms with Crippen LogP contribution in [0.5, 0.6) is 0 Å². The fourth-order valence-electron chi connectivity index (χ4n) is 4.79. The highest BCUT2D eigenvalue weighted by molar-refractivity contribution is 7.89. The van der Waals surface area contributed by atoms with Crippen molar-refractivity contribution in [3.05, 3.63) is 29.3 Å². The number of amides is 1. The normalized spacial score (nSPS) is 28.2. The van der Waals surface area contributed by atoms with Crippen LogP contribution in [0.3, 0.4) is 0 Å². The molecule has 0 aromatic heterocycles. The van der Waals surface area contributed by atoms with Gasteiger partial charge in [0, 0.05) is 39.1 Å². The number of hydrogen-bond acceptors (Lipinski definition) is 4. The molecule has 1 saturated heterocycles. The van der Waals surface area contributed by atoms with E-state index in [-0.39, 0.29) is 24.4 Å². The first-order valence-electron chi connectivity index (χ1n) is 9.49. The first kappa shape index (κ1) is 20.6. The predicted molar refractivity (Wildman–Crippen MR) is 106 cm³/mol. The minimum atomic E-state index is -3.48. The molecule has 2 fully saturated rings. The number of hydrogen-bond donors (Lipinski definition) is 1. The van der Waals surface area contributed by atoms with Crippen molar-refractivity contribution in [3.63, 3.8) is 0 Å². The van der Waals surface area contributed by atoms with Crippen LogP contribution in [0.15, 0.2) is 23.1 Å². The second kappa shape index (κ2) is 7.70. The van der Waals surface area contributed by atoms with Crippen LogP contribution in [-0.2, 0) is 27.7 Å². The molecule has 27 heavy (non-hydrogen) atoms. The quantitative estimate of drug-likeness (QED) is 0.794. The van der Waals surface area contributed by atoms with Gasteiger partial charge < -0.3 is 10.6 Å². The summed E-state index contributed by atoms with van der Waals surface area (Å²) < 4.78 is 27.9. The van der Waals surface area contributed by atoms with E-state index in [0.29, 0.717) is 49.3 Å². The van der Waals surface area contributed by atoms with Gasteiger partial charge in [0.1, 0.15) is 0 Å². The van der Waals surface area contributed by atoms with Crippen molar-refractivity contribution in [2.75, 3.05) is 26.2 Å². The molecule has 3 atom stereocenters. The van der Waals surface area contributed by atoms with E-state index in [1.807, 2.05) is 17.0 Å². The zero-order valence-electron chi connectivity index (χ0n) is 15.6. The van der Waals surface area contributed by atoms with Gasteiger partial charge in [-0.3, -0.25) is 4.79 Å². The first-order valence-corrected chi connectivity index (χ1v) is 10.9. The monoisotopic (exact) mass is 413 g/mol. The molecule has 8 heteroatoms. The van der Waals surface area contributed by atoms with Crippen molar-refractivity contribution < 1.29 is 13.2 Å². The molecule has 1 amide bonds. The van der Waals surface area contributed by atoms with Gasteiger partial charge in [-0.25, -0.2) is 8.42 Å². The van der Waals surface area contributed by atoms with Gasteiger partial charge in [0.05, 0.1) is 4.90 Å². The van der Waals surface area contributed by atoms with Crippen molar-refractivity contribution in [1.82, 2.24) is 9.21 Å². The number of rotatable bonds is 2. The smallest absolute Gasteiger partial charge is 0.243 e. The molecule has 1 saturated carbocycles. The van der Waals surface area contributed by atoms with Crippen LogP contribution in [0.25, 0.3) is 0 Å². The summed E-state index contributed by atoms with van der Waals surface area (Å²) in [6.45, 7) is 4.07. The summed E-state index contributed by atoms with van der Waals surface area (Å²) in [4.78, 5) is 13.8. The van der Waals surface area contributed by atoms with Crippen LogP contribution in [0, 0.1) is 11.8 Å². The Morgan fingerprint density at radius 3 is 2.48 bits per heavy atom. The van der Waals surface area contributed by atoms with E-state index in [9.17, 15) is 13.2 Å². The molecule has 1 aromatic carbocycles. The topological polar surface area (TPSA) is 83.7 Å². The maximum Gasteiger partial charge on any atom is 0.243 e. The standard InChI is InChI=1S/C19H27N3O3S.ClH/c1-13(23)21-8-6-14-2-4-17(10-15(14)7-9-21)26(24,25)22-11-16-3-5-19(20)18(16)12-22;/h2,4,10,16,18-19H,3,5-9,11-12,20H2,1H3;1H. The van der Waals surface area contributed by atoms with Crippen molar-refractivity contribution >= 4 is 28.3 Å². The second-order valence-electron chi connectivity index (χ2n) is 7.92. The number of halogens is 1. The van der Waals surface area contributed by atoms with Crippen LogP contribution < -0.4 is 5.73 Å². The molecule has 2 N–H and O–H groups in total. The summed E-state index contributed by atoms with van der Waals surface area (Å²) in [7, 11) is -3.48. The Bertz CT molecular complexity index is 829. The fourth-order valence-corrected chi connectivity index (χ4v) is 6.37. The summed E-state index contributed by atoms with van der Waals surface area (Å²) in [5.41, 5.74) is 8.35. The first-order chi connectivity index (χ1) is 12.4. The number of carbonyl (C=O) groups excluding carboxylic acids is 1. The van der Waals surface area contributed by atoms with Gasteiger partial charge in [0.15, 0.2) is 0 Å². The molecule has 0 radical (unpaired) electrons. The predicted octanol–water partition coefficient (Wildman–Crippen LogP) is 1.41. The van der Waals surface area contributed by atoms with Crippen LogP contribution in [0.4, 0.5) is 0 Å². The molecule has 0 bridgehead atoms. The Balaban J connectivity index is 0.00000210. The largest absolute Gasteiger partial charge is 0.342 e. The maximum absolute atomic E-state index is 13.1. The van der Waals surface area contributed by atoms with E-state index in [1.165, 1.54) is 0 Å². The third-order valence-electron chi connectivity index (χ3n) is 6.44. The van der Waals surface area contributed by atoms with E-state index < -0.39 is 10.0 Å². The third-order valence-corrected chi connectivity index (χ3v) is 8.27. The summed E-state index contributed by atoms with van der Waals surface area (Å²) in [5.74, 6) is 0.782. The Hall–Kier alpha value is -1.15. The molecule has 0 spiro atoms. The molecule has 4 rings (SSSR count). The van der Waals surface area contributed by atoms with Gasteiger partial charge in [0.25, 0.3) is 0 Å². The van der Waals surface area contributed by atoms with Crippen LogP contribution >= 0.6 is 12.4 Å². The van der Waals surface area contributed by atoms with E-state index >= 15 is 0 Å². The van der Waals surface area contributed by atoms with Crippen molar-refractivity contribution in [2.24, 2.45) is 17.6 Å². The highest BCUT2D eigenvalue weighted by atomic mass is 35.5. The third kappa shape index (κ3) is 3.75. The van der Waals surface area contributed by atoms with Crippen molar-refractivity contribution in [1.29, 1.82) is 0 Å². The minimum Gasteiger partial charge on any atom is -0.342 e. The van der Waals surface area contributed by atoms with E-state index in [4.69, 9.17) is 5.73 Å². The molecule has 150 valence electrons. The number of sulfonamides is 1. The lowest BCUT2D eigenvalue weighted by Crippen LogP contribution is -2.33. The lowest BCUT2D eigenvalue weighted by molar-refractivity contribution is -0.128. The fraction of sp³-hybridized carbons (Fsp3) is 0.632. The zero-order chi connectivity index (χ0) is 18.5. The average molecular weight is 414 g/mol. The van der Waals surface area contributed by atoms with Gasteiger partial charge in [-0.15, -0.1) is 12.4 Å². The summed E-state index contributed by atoms with van der Waals surface area (Å²) >= 11 is 0. The van der Waals surface area contributed by atoms with Gasteiger partial charge in [-0.1, -0.05) is 6.07 Å². The Morgan fingerprint density at radius 2 is 1.81 bits per heavy atom. The van der Waals surface area contributed by atoms with Crippen LogP contribution in [-0.4, -0.2) is 55.8 Å². The number of nitrogens with two attached hydrogens (primary N) is 1. The van der Waals surface area contributed by atoms with Gasteiger partial charge in [-0.2, -0.15) is 4.31 Å². The molecule has 1 aliphatic carbocycles. The number of benzene rings is 1. The van der Waals surface area contributed by atoms with Crippen molar-refractivity contribution in [3.8, 4) is 0 Å².